The second kappa shape index (κ2) is 7.97. The molecule has 0 radical (unpaired) electrons. The average Bonchev–Trinajstić information content (AvgIpc) is 3.18. The first-order valence-corrected chi connectivity index (χ1v) is 8.42. The number of nitrogens with zero attached hydrogens (tertiary/aromatic N) is 1. The van der Waals surface area contributed by atoms with Crippen molar-refractivity contribution in [2.45, 2.75) is 6.42 Å². The third kappa shape index (κ3) is 4.00. The summed E-state index contributed by atoms with van der Waals surface area (Å²) in [6.07, 6.45) is 4.20. The van der Waals surface area contributed by atoms with Crippen molar-refractivity contribution < 1.29 is 14.3 Å². The molecule has 0 atom stereocenters. The molecule has 1 amide bonds. The number of methoxy groups -OCH3 is 2. The van der Waals surface area contributed by atoms with E-state index in [1.807, 2.05) is 53.4 Å². The summed E-state index contributed by atoms with van der Waals surface area (Å²) in [6, 6.07) is 15.0. The highest BCUT2D eigenvalue weighted by molar-refractivity contribution is 6.32. The molecule has 26 heavy (non-hydrogen) atoms. The Labute approximate surface area is 157 Å². The van der Waals surface area contributed by atoms with Gasteiger partial charge in [0.1, 0.15) is 11.5 Å². The smallest absolute Gasteiger partial charge is 0.228 e. The quantitative estimate of drug-likeness (QED) is 0.702. The van der Waals surface area contributed by atoms with E-state index < -0.39 is 0 Å². The fourth-order valence-electron chi connectivity index (χ4n) is 2.63. The molecule has 0 fully saturated rings. The predicted octanol–water partition coefficient (Wildman–Crippen LogP) is 4.33. The fraction of sp³-hybridized carbons (Fsp3) is 0.150. The van der Waals surface area contributed by atoms with E-state index in [1.54, 1.807) is 12.1 Å². The van der Waals surface area contributed by atoms with Gasteiger partial charge in [0.25, 0.3) is 0 Å². The molecule has 1 N–H and O–H groups in total. The van der Waals surface area contributed by atoms with Crippen molar-refractivity contribution in [2.24, 2.45) is 0 Å². The Morgan fingerprint density at radius 2 is 1.69 bits per heavy atom. The average molecular weight is 371 g/mol. The molecule has 1 aromatic heterocycles. The van der Waals surface area contributed by atoms with Gasteiger partial charge in [0, 0.05) is 30.2 Å². The third-order valence-corrected chi connectivity index (χ3v) is 4.25. The molecule has 0 saturated heterocycles. The molecule has 0 unspecified atom stereocenters. The zero-order valence-electron chi connectivity index (χ0n) is 14.5. The van der Waals surface area contributed by atoms with Crippen LogP contribution < -0.4 is 14.8 Å². The van der Waals surface area contributed by atoms with Crippen LogP contribution in [0, 0.1) is 0 Å². The molecule has 134 valence electrons. The van der Waals surface area contributed by atoms with Crippen molar-refractivity contribution in [2.75, 3.05) is 19.5 Å². The molecule has 6 heteroatoms. The number of halogens is 1. The topological polar surface area (TPSA) is 52.5 Å². The molecule has 2 aromatic carbocycles. The first-order valence-electron chi connectivity index (χ1n) is 8.04. The van der Waals surface area contributed by atoms with Crippen LogP contribution in [0.25, 0.3) is 5.69 Å². The molecular formula is C20H19ClN2O3. The Bertz CT molecular complexity index is 890. The van der Waals surface area contributed by atoms with Crippen molar-refractivity contribution in [1.29, 1.82) is 0 Å². The van der Waals surface area contributed by atoms with Crippen LogP contribution in [0.4, 0.5) is 5.69 Å². The van der Waals surface area contributed by atoms with Crippen LogP contribution in [-0.2, 0) is 11.2 Å². The van der Waals surface area contributed by atoms with Gasteiger partial charge in [-0.25, -0.2) is 0 Å². The summed E-state index contributed by atoms with van der Waals surface area (Å²) in [5.74, 6) is 0.798. The van der Waals surface area contributed by atoms with E-state index in [4.69, 9.17) is 21.1 Å². The molecule has 0 spiro atoms. The molecule has 0 bridgehead atoms. The minimum atomic E-state index is -0.151. The summed E-state index contributed by atoms with van der Waals surface area (Å²) in [5, 5.41) is 3.27. The van der Waals surface area contributed by atoms with E-state index in [-0.39, 0.29) is 12.3 Å². The van der Waals surface area contributed by atoms with E-state index in [2.05, 4.69) is 5.32 Å². The van der Waals surface area contributed by atoms with Gasteiger partial charge in [-0.15, -0.1) is 0 Å². The number of aromatic nitrogens is 1. The molecule has 0 aliphatic heterocycles. The van der Waals surface area contributed by atoms with Gasteiger partial charge in [0.2, 0.25) is 5.91 Å². The largest absolute Gasteiger partial charge is 0.495 e. The van der Waals surface area contributed by atoms with Crippen LogP contribution in [-0.4, -0.2) is 24.7 Å². The summed E-state index contributed by atoms with van der Waals surface area (Å²) < 4.78 is 12.5. The Morgan fingerprint density at radius 1 is 1.04 bits per heavy atom. The van der Waals surface area contributed by atoms with E-state index in [0.29, 0.717) is 22.2 Å². The van der Waals surface area contributed by atoms with Gasteiger partial charge in [-0.1, -0.05) is 23.7 Å². The SMILES string of the molecule is COc1cc(NC(=O)Cc2ccc(-n3cccc3)cc2)c(OC)cc1Cl. The lowest BCUT2D eigenvalue weighted by Gasteiger charge is -2.13. The van der Waals surface area contributed by atoms with Crippen molar-refractivity contribution >= 4 is 23.2 Å². The number of hydrogen-bond acceptors (Lipinski definition) is 3. The lowest BCUT2D eigenvalue weighted by atomic mass is 10.1. The summed E-state index contributed by atoms with van der Waals surface area (Å²) >= 11 is 6.08. The number of benzene rings is 2. The summed E-state index contributed by atoms with van der Waals surface area (Å²) in [5.41, 5.74) is 2.48. The van der Waals surface area contributed by atoms with Gasteiger partial charge in [0.15, 0.2) is 0 Å². The minimum absolute atomic E-state index is 0.151. The van der Waals surface area contributed by atoms with Crippen LogP contribution in [0.3, 0.4) is 0 Å². The third-order valence-electron chi connectivity index (χ3n) is 3.95. The van der Waals surface area contributed by atoms with E-state index in [9.17, 15) is 4.79 Å². The lowest BCUT2D eigenvalue weighted by Crippen LogP contribution is -2.15. The molecule has 0 saturated carbocycles. The standard InChI is InChI=1S/C20H19ClN2O3/c1-25-18-13-17(19(26-2)12-16(18)21)22-20(24)11-14-5-7-15(8-6-14)23-9-3-4-10-23/h3-10,12-13H,11H2,1-2H3,(H,22,24). The summed E-state index contributed by atoms with van der Waals surface area (Å²) in [4.78, 5) is 12.4. The molecule has 3 rings (SSSR count). The van der Waals surface area contributed by atoms with Crippen molar-refractivity contribution in [1.82, 2.24) is 4.57 Å². The number of anilines is 1. The highest BCUT2D eigenvalue weighted by atomic mass is 35.5. The summed E-state index contributed by atoms with van der Waals surface area (Å²) in [6.45, 7) is 0. The van der Waals surface area contributed by atoms with E-state index in [0.717, 1.165) is 11.3 Å². The second-order valence-electron chi connectivity index (χ2n) is 5.67. The molecule has 0 aliphatic carbocycles. The maximum atomic E-state index is 12.4. The van der Waals surface area contributed by atoms with Gasteiger partial charge < -0.3 is 19.4 Å². The van der Waals surface area contributed by atoms with Crippen LogP contribution >= 0.6 is 11.6 Å². The lowest BCUT2D eigenvalue weighted by molar-refractivity contribution is -0.115. The van der Waals surface area contributed by atoms with Gasteiger partial charge >= 0.3 is 0 Å². The Balaban J connectivity index is 1.71. The number of amides is 1. The monoisotopic (exact) mass is 370 g/mol. The van der Waals surface area contributed by atoms with Gasteiger partial charge in [-0.05, 0) is 29.8 Å². The highest BCUT2D eigenvalue weighted by Gasteiger charge is 2.13. The number of hydrogen-bond donors (Lipinski definition) is 1. The Kier molecular flexibility index (Phi) is 5.49. The first-order chi connectivity index (χ1) is 12.6. The van der Waals surface area contributed by atoms with Crippen LogP contribution in [0.5, 0.6) is 11.5 Å². The number of ether oxygens (including phenoxy) is 2. The highest BCUT2D eigenvalue weighted by Crippen LogP contribution is 2.35. The van der Waals surface area contributed by atoms with E-state index >= 15 is 0 Å². The Hall–Kier alpha value is -2.92. The molecule has 3 aromatic rings. The van der Waals surface area contributed by atoms with Gasteiger partial charge in [-0.2, -0.15) is 0 Å². The zero-order chi connectivity index (χ0) is 18.5. The summed E-state index contributed by atoms with van der Waals surface area (Å²) in [7, 11) is 3.04. The second-order valence-corrected chi connectivity index (χ2v) is 6.08. The van der Waals surface area contributed by atoms with Crippen LogP contribution in [0.15, 0.2) is 60.9 Å². The maximum absolute atomic E-state index is 12.4. The molecular weight excluding hydrogens is 352 g/mol. The van der Waals surface area contributed by atoms with Crippen molar-refractivity contribution in [3.05, 3.63) is 71.5 Å². The number of rotatable bonds is 6. The number of carbonyl (C=O) groups excluding carboxylic acids is 1. The molecule has 5 nitrogen and oxygen atoms in total. The minimum Gasteiger partial charge on any atom is -0.495 e. The normalized spacial score (nSPS) is 10.4. The van der Waals surface area contributed by atoms with Gasteiger partial charge in [-0.3, -0.25) is 4.79 Å². The van der Waals surface area contributed by atoms with Gasteiger partial charge in [0.05, 0.1) is 31.4 Å². The van der Waals surface area contributed by atoms with Crippen LogP contribution in [0.1, 0.15) is 5.56 Å². The maximum Gasteiger partial charge on any atom is 0.228 e. The number of nitrogens with one attached hydrogen (secondary N) is 1. The molecule has 0 aliphatic rings. The van der Waals surface area contributed by atoms with Crippen LogP contribution in [0.2, 0.25) is 5.02 Å². The van der Waals surface area contributed by atoms with Crippen molar-refractivity contribution in [3.63, 3.8) is 0 Å². The zero-order valence-corrected chi connectivity index (χ0v) is 15.3. The molecule has 1 heterocycles. The first kappa shape index (κ1) is 17.9. The van der Waals surface area contributed by atoms with E-state index in [1.165, 1.54) is 14.2 Å². The fourth-order valence-corrected chi connectivity index (χ4v) is 2.86. The Morgan fingerprint density at radius 3 is 2.31 bits per heavy atom. The number of carbonyl (C=O) groups is 1. The predicted molar refractivity (Wildman–Crippen MR) is 103 cm³/mol. The van der Waals surface area contributed by atoms with Crippen molar-refractivity contribution in [3.8, 4) is 17.2 Å².